The molecule has 1 unspecified atom stereocenters. The number of halogens is 2. The third-order valence-corrected chi connectivity index (χ3v) is 3.27. The Kier molecular flexibility index (Phi) is 3.62. The summed E-state index contributed by atoms with van der Waals surface area (Å²) in [6, 6.07) is 1.15. The smallest absolute Gasteiger partial charge is 0.255 e. The standard InChI is InChI=1S/C12H14ClFN2O/c1-8-3-2-4-16(7-8)12(17)9-5-10(14)11(13)15-6-9/h5-6,8H,2-4,7H2,1H3. The van der Waals surface area contributed by atoms with Gasteiger partial charge in [0.15, 0.2) is 11.0 Å². The van der Waals surface area contributed by atoms with Crippen molar-refractivity contribution in [1.82, 2.24) is 9.88 Å². The van der Waals surface area contributed by atoms with E-state index >= 15 is 0 Å². The molecule has 17 heavy (non-hydrogen) atoms. The molecular weight excluding hydrogens is 243 g/mol. The summed E-state index contributed by atoms with van der Waals surface area (Å²) < 4.78 is 13.2. The van der Waals surface area contributed by atoms with E-state index < -0.39 is 5.82 Å². The summed E-state index contributed by atoms with van der Waals surface area (Å²) in [6.45, 7) is 3.57. The first-order valence-electron chi connectivity index (χ1n) is 5.68. The summed E-state index contributed by atoms with van der Waals surface area (Å²) >= 11 is 5.48. The second-order valence-electron chi connectivity index (χ2n) is 4.50. The van der Waals surface area contributed by atoms with Gasteiger partial charge in [0, 0.05) is 19.3 Å². The fourth-order valence-electron chi connectivity index (χ4n) is 2.09. The van der Waals surface area contributed by atoms with Crippen molar-refractivity contribution in [3.63, 3.8) is 0 Å². The van der Waals surface area contributed by atoms with Crippen molar-refractivity contribution in [3.05, 3.63) is 28.8 Å². The summed E-state index contributed by atoms with van der Waals surface area (Å²) in [4.78, 5) is 17.5. The lowest BCUT2D eigenvalue weighted by atomic mass is 10.00. The fourth-order valence-corrected chi connectivity index (χ4v) is 2.20. The van der Waals surface area contributed by atoms with E-state index in [2.05, 4.69) is 11.9 Å². The number of rotatable bonds is 1. The Balaban J connectivity index is 2.15. The topological polar surface area (TPSA) is 33.2 Å². The van der Waals surface area contributed by atoms with E-state index in [1.807, 2.05) is 0 Å². The van der Waals surface area contributed by atoms with Crippen LogP contribution in [0.5, 0.6) is 0 Å². The average molecular weight is 257 g/mol. The summed E-state index contributed by atoms with van der Waals surface area (Å²) in [6.07, 6.45) is 3.46. The largest absolute Gasteiger partial charge is 0.338 e. The van der Waals surface area contributed by atoms with Crippen LogP contribution in [-0.4, -0.2) is 28.9 Å². The molecule has 1 fully saturated rings. The Morgan fingerprint density at radius 1 is 1.65 bits per heavy atom. The van der Waals surface area contributed by atoms with Gasteiger partial charge in [-0.3, -0.25) is 4.79 Å². The van der Waals surface area contributed by atoms with Gasteiger partial charge < -0.3 is 4.90 Å². The molecule has 1 aliphatic rings. The molecular formula is C12H14ClFN2O. The highest BCUT2D eigenvalue weighted by molar-refractivity contribution is 6.29. The Hall–Kier alpha value is -1.16. The van der Waals surface area contributed by atoms with Crippen LogP contribution in [0.15, 0.2) is 12.3 Å². The van der Waals surface area contributed by atoms with Crippen molar-refractivity contribution in [2.45, 2.75) is 19.8 Å². The molecule has 92 valence electrons. The average Bonchev–Trinajstić information content (AvgIpc) is 2.32. The Bertz CT molecular complexity index is 439. The minimum atomic E-state index is -0.650. The lowest BCUT2D eigenvalue weighted by Gasteiger charge is -2.30. The number of likely N-dealkylation sites (tertiary alicyclic amines) is 1. The van der Waals surface area contributed by atoms with Gasteiger partial charge in [0.1, 0.15) is 0 Å². The van der Waals surface area contributed by atoms with Gasteiger partial charge >= 0.3 is 0 Å². The number of carbonyl (C=O) groups is 1. The Labute approximate surface area is 105 Å². The van der Waals surface area contributed by atoms with E-state index in [-0.39, 0.29) is 16.6 Å². The molecule has 1 aromatic rings. The van der Waals surface area contributed by atoms with E-state index in [9.17, 15) is 9.18 Å². The van der Waals surface area contributed by atoms with Crippen molar-refractivity contribution in [1.29, 1.82) is 0 Å². The van der Waals surface area contributed by atoms with Crippen LogP contribution in [0, 0.1) is 11.7 Å². The highest BCUT2D eigenvalue weighted by atomic mass is 35.5. The number of piperidine rings is 1. The van der Waals surface area contributed by atoms with Crippen molar-refractivity contribution >= 4 is 17.5 Å². The Morgan fingerprint density at radius 3 is 3.06 bits per heavy atom. The zero-order valence-corrected chi connectivity index (χ0v) is 10.4. The molecule has 1 saturated heterocycles. The van der Waals surface area contributed by atoms with Crippen LogP contribution in [0.4, 0.5) is 4.39 Å². The summed E-state index contributed by atoms with van der Waals surface area (Å²) in [5.74, 6) is -0.319. The number of hydrogen-bond acceptors (Lipinski definition) is 2. The minimum Gasteiger partial charge on any atom is -0.338 e. The molecule has 1 aromatic heterocycles. The van der Waals surface area contributed by atoms with Gasteiger partial charge in [0.05, 0.1) is 5.56 Å². The molecule has 0 saturated carbocycles. The van der Waals surface area contributed by atoms with Gasteiger partial charge in [0.2, 0.25) is 0 Å². The maximum absolute atomic E-state index is 13.2. The summed E-state index contributed by atoms with van der Waals surface area (Å²) in [5, 5.41) is -0.200. The van der Waals surface area contributed by atoms with Crippen LogP contribution in [0.3, 0.4) is 0 Å². The van der Waals surface area contributed by atoms with E-state index in [1.54, 1.807) is 4.90 Å². The molecule has 1 atom stereocenters. The molecule has 2 heterocycles. The SMILES string of the molecule is CC1CCCN(C(=O)c2cnc(Cl)c(F)c2)C1. The second-order valence-corrected chi connectivity index (χ2v) is 4.85. The molecule has 1 aliphatic heterocycles. The van der Waals surface area contributed by atoms with Crippen molar-refractivity contribution < 1.29 is 9.18 Å². The zero-order valence-electron chi connectivity index (χ0n) is 9.62. The Morgan fingerprint density at radius 2 is 2.41 bits per heavy atom. The van der Waals surface area contributed by atoms with E-state index in [0.717, 1.165) is 32.0 Å². The minimum absolute atomic E-state index is 0.167. The van der Waals surface area contributed by atoms with Gasteiger partial charge in [-0.1, -0.05) is 18.5 Å². The number of amides is 1. The van der Waals surface area contributed by atoms with Crippen molar-refractivity contribution in [3.8, 4) is 0 Å². The first-order valence-corrected chi connectivity index (χ1v) is 6.06. The summed E-state index contributed by atoms with van der Waals surface area (Å²) in [5.41, 5.74) is 0.265. The third kappa shape index (κ3) is 2.75. The quantitative estimate of drug-likeness (QED) is 0.724. The normalized spacial score (nSPS) is 20.4. The number of nitrogens with zero attached hydrogens (tertiary/aromatic N) is 2. The second kappa shape index (κ2) is 5.00. The van der Waals surface area contributed by atoms with Crippen molar-refractivity contribution in [2.24, 2.45) is 5.92 Å². The van der Waals surface area contributed by atoms with Crippen LogP contribution in [0.1, 0.15) is 30.1 Å². The molecule has 0 spiro atoms. The van der Waals surface area contributed by atoms with Crippen LogP contribution in [-0.2, 0) is 0 Å². The molecule has 5 heteroatoms. The maximum atomic E-state index is 13.2. The van der Waals surface area contributed by atoms with E-state index in [0.29, 0.717) is 5.92 Å². The van der Waals surface area contributed by atoms with Crippen LogP contribution in [0.2, 0.25) is 5.15 Å². The third-order valence-electron chi connectivity index (χ3n) is 2.99. The molecule has 2 rings (SSSR count). The van der Waals surface area contributed by atoms with Crippen molar-refractivity contribution in [2.75, 3.05) is 13.1 Å². The molecule has 0 aromatic carbocycles. The van der Waals surface area contributed by atoms with Crippen LogP contribution in [0.25, 0.3) is 0 Å². The molecule has 3 nitrogen and oxygen atoms in total. The predicted molar refractivity (Wildman–Crippen MR) is 63.5 cm³/mol. The molecule has 0 radical (unpaired) electrons. The van der Waals surface area contributed by atoms with Crippen LogP contribution < -0.4 is 0 Å². The van der Waals surface area contributed by atoms with Gasteiger partial charge in [-0.2, -0.15) is 0 Å². The predicted octanol–water partition coefficient (Wildman–Crippen LogP) is 2.75. The first kappa shape index (κ1) is 12.3. The van der Waals surface area contributed by atoms with Gasteiger partial charge in [0.25, 0.3) is 5.91 Å². The number of hydrogen-bond donors (Lipinski definition) is 0. The lowest BCUT2D eigenvalue weighted by molar-refractivity contribution is 0.0682. The molecule has 0 aliphatic carbocycles. The highest BCUT2D eigenvalue weighted by Gasteiger charge is 2.22. The van der Waals surface area contributed by atoms with Gasteiger partial charge in [-0.25, -0.2) is 9.37 Å². The highest BCUT2D eigenvalue weighted by Crippen LogP contribution is 2.19. The summed E-state index contributed by atoms with van der Waals surface area (Å²) in [7, 11) is 0. The van der Waals surface area contributed by atoms with Crippen LogP contribution >= 0.6 is 11.6 Å². The number of pyridine rings is 1. The number of carbonyl (C=O) groups excluding carboxylic acids is 1. The van der Waals surface area contributed by atoms with E-state index in [1.165, 1.54) is 6.20 Å². The molecule has 0 N–H and O–H groups in total. The maximum Gasteiger partial charge on any atom is 0.255 e. The molecule has 1 amide bonds. The fraction of sp³-hybridized carbons (Fsp3) is 0.500. The zero-order chi connectivity index (χ0) is 12.4. The van der Waals surface area contributed by atoms with E-state index in [4.69, 9.17) is 11.6 Å². The number of aromatic nitrogens is 1. The van der Waals surface area contributed by atoms with Gasteiger partial charge in [-0.15, -0.1) is 0 Å². The lowest BCUT2D eigenvalue weighted by Crippen LogP contribution is -2.39. The van der Waals surface area contributed by atoms with Gasteiger partial charge in [-0.05, 0) is 24.8 Å². The monoisotopic (exact) mass is 256 g/mol. The first-order chi connectivity index (χ1) is 8.08. The molecule has 0 bridgehead atoms.